The third kappa shape index (κ3) is 5.50. The molecule has 2 aromatic rings. The Balaban J connectivity index is 1.75. The Morgan fingerprint density at radius 1 is 1.23 bits per heavy atom. The summed E-state index contributed by atoms with van der Waals surface area (Å²) in [6.07, 6.45) is 6.85. The molecule has 0 N–H and O–H groups in total. The standard InChI is InChI=1S/C24H22IN3O3/c1-3-13-31-23-21(25)15-18(16-22(23)30-2)14-19(17-26)24(29)28-11-9-27(10-12-28)20-7-5-4-6-8-20/h1,4-8,14-16H,9-13H2,2H3/b19-14-. The van der Waals surface area contributed by atoms with E-state index in [0.717, 1.165) is 22.3 Å². The van der Waals surface area contributed by atoms with E-state index in [4.69, 9.17) is 15.9 Å². The van der Waals surface area contributed by atoms with Crippen LogP contribution >= 0.6 is 22.6 Å². The van der Waals surface area contributed by atoms with E-state index in [0.29, 0.717) is 30.2 Å². The minimum absolute atomic E-state index is 0.0864. The molecule has 1 aliphatic rings. The molecular weight excluding hydrogens is 505 g/mol. The van der Waals surface area contributed by atoms with Crippen molar-refractivity contribution in [2.75, 3.05) is 44.8 Å². The van der Waals surface area contributed by atoms with Gasteiger partial charge in [-0.1, -0.05) is 24.1 Å². The highest BCUT2D eigenvalue weighted by molar-refractivity contribution is 14.1. The third-order valence-corrected chi connectivity index (χ3v) is 5.70. The lowest BCUT2D eigenvalue weighted by molar-refractivity contribution is -0.126. The van der Waals surface area contributed by atoms with Crippen LogP contribution < -0.4 is 14.4 Å². The molecule has 2 aromatic carbocycles. The number of nitrogens with zero attached hydrogens (tertiary/aromatic N) is 3. The number of hydrogen-bond donors (Lipinski definition) is 0. The Morgan fingerprint density at radius 3 is 2.55 bits per heavy atom. The second-order valence-corrected chi connectivity index (χ2v) is 7.97. The summed E-state index contributed by atoms with van der Waals surface area (Å²) in [7, 11) is 1.53. The summed E-state index contributed by atoms with van der Waals surface area (Å²) in [5.41, 5.74) is 1.91. The van der Waals surface area contributed by atoms with Gasteiger partial charge < -0.3 is 19.3 Å². The Labute approximate surface area is 196 Å². The van der Waals surface area contributed by atoms with Crippen LogP contribution in [0.25, 0.3) is 6.08 Å². The molecular formula is C24H22IN3O3. The number of halogens is 1. The Bertz CT molecular complexity index is 1050. The van der Waals surface area contributed by atoms with Crippen molar-refractivity contribution in [2.24, 2.45) is 0 Å². The number of rotatable bonds is 6. The maximum absolute atomic E-state index is 13.0. The molecule has 1 amide bonds. The zero-order valence-corrected chi connectivity index (χ0v) is 19.3. The molecule has 0 atom stereocenters. The molecule has 158 valence electrons. The Morgan fingerprint density at radius 2 is 1.94 bits per heavy atom. The molecule has 1 heterocycles. The van der Waals surface area contributed by atoms with Crippen LogP contribution in [0.2, 0.25) is 0 Å². The number of ether oxygens (including phenoxy) is 2. The van der Waals surface area contributed by atoms with E-state index in [-0.39, 0.29) is 18.1 Å². The maximum atomic E-state index is 13.0. The number of benzene rings is 2. The molecule has 1 fully saturated rings. The fourth-order valence-corrected chi connectivity index (χ4v) is 4.14. The first-order valence-electron chi connectivity index (χ1n) is 9.72. The van der Waals surface area contributed by atoms with Gasteiger partial charge in [-0.05, 0) is 58.5 Å². The van der Waals surface area contributed by atoms with Gasteiger partial charge in [0.15, 0.2) is 11.5 Å². The number of anilines is 1. The summed E-state index contributed by atoms with van der Waals surface area (Å²) >= 11 is 2.12. The van der Waals surface area contributed by atoms with Gasteiger partial charge in [-0.25, -0.2) is 0 Å². The molecule has 0 radical (unpaired) electrons. The first-order valence-corrected chi connectivity index (χ1v) is 10.8. The average molecular weight is 527 g/mol. The number of amides is 1. The van der Waals surface area contributed by atoms with Crippen molar-refractivity contribution in [3.8, 4) is 29.9 Å². The molecule has 0 aromatic heterocycles. The number of terminal acetylenes is 1. The van der Waals surface area contributed by atoms with Crippen molar-refractivity contribution in [3.63, 3.8) is 0 Å². The zero-order valence-electron chi connectivity index (χ0n) is 17.2. The van der Waals surface area contributed by atoms with E-state index >= 15 is 0 Å². The fourth-order valence-electron chi connectivity index (χ4n) is 3.36. The summed E-state index contributed by atoms with van der Waals surface area (Å²) in [5.74, 6) is 3.20. The van der Waals surface area contributed by atoms with Crippen LogP contribution in [0, 0.1) is 27.2 Å². The van der Waals surface area contributed by atoms with Crippen LogP contribution in [0.1, 0.15) is 5.56 Å². The summed E-state index contributed by atoms with van der Waals surface area (Å²) in [5, 5.41) is 9.63. The van der Waals surface area contributed by atoms with Crippen molar-refractivity contribution in [1.29, 1.82) is 5.26 Å². The molecule has 0 aliphatic carbocycles. The van der Waals surface area contributed by atoms with E-state index < -0.39 is 0 Å². The Hall–Kier alpha value is -3.17. The highest BCUT2D eigenvalue weighted by Gasteiger charge is 2.24. The van der Waals surface area contributed by atoms with Gasteiger partial charge in [-0.3, -0.25) is 4.79 Å². The second kappa shape index (κ2) is 10.7. The number of nitriles is 1. The van der Waals surface area contributed by atoms with Crippen molar-refractivity contribution < 1.29 is 14.3 Å². The molecule has 31 heavy (non-hydrogen) atoms. The van der Waals surface area contributed by atoms with E-state index in [1.54, 1.807) is 17.0 Å². The first-order chi connectivity index (χ1) is 15.1. The van der Waals surface area contributed by atoms with Crippen molar-refractivity contribution in [3.05, 3.63) is 57.2 Å². The minimum atomic E-state index is -0.267. The lowest BCUT2D eigenvalue weighted by Crippen LogP contribution is -2.49. The molecule has 6 nitrogen and oxygen atoms in total. The molecule has 1 saturated heterocycles. The average Bonchev–Trinajstić information content (AvgIpc) is 2.81. The summed E-state index contributed by atoms with van der Waals surface area (Å²) < 4.78 is 11.7. The third-order valence-electron chi connectivity index (χ3n) is 4.90. The molecule has 7 heteroatoms. The van der Waals surface area contributed by atoms with Gasteiger partial charge in [0.25, 0.3) is 5.91 Å². The van der Waals surface area contributed by atoms with Crippen LogP contribution in [0.5, 0.6) is 11.5 Å². The second-order valence-electron chi connectivity index (χ2n) is 6.81. The summed E-state index contributed by atoms with van der Waals surface area (Å²) in [4.78, 5) is 16.9. The number of carbonyl (C=O) groups is 1. The largest absolute Gasteiger partial charge is 0.493 e. The lowest BCUT2D eigenvalue weighted by atomic mass is 10.1. The van der Waals surface area contributed by atoms with Crippen LogP contribution in [0.4, 0.5) is 5.69 Å². The highest BCUT2D eigenvalue weighted by Crippen LogP contribution is 2.34. The minimum Gasteiger partial charge on any atom is -0.493 e. The number of methoxy groups -OCH3 is 1. The van der Waals surface area contributed by atoms with Crippen LogP contribution in [-0.2, 0) is 4.79 Å². The number of para-hydroxylation sites is 1. The van der Waals surface area contributed by atoms with Crippen molar-refractivity contribution in [2.45, 2.75) is 0 Å². The molecule has 1 aliphatic heterocycles. The van der Waals surface area contributed by atoms with Crippen molar-refractivity contribution in [1.82, 2.24) is 4.90 Å². The van der Waals surface area contributed by atoms with Gasteiger partial charge in [0.2, 0.25) is 0 Å². The van der Waals surface area contributed by atoms with E-state index in [1.807, 2.05) is 24.3 Å². The van der Waals surface area contributed by atoms with E-state index in [2.05, 4.69) is 51.6 Å². The molecule has 0 saturated carbocycles. The van der Waals surface area contributed by atoms with Crippen LogP contribution in [-0.4, -0.2) is 50.7 Å². The summed E-state index contributed by atoms with van der Waals surface area (Å²) in [6, 6.07) is 15.7. The van der Waals surface area contributed by atoms with E-state index in [9.17, 15) is 10.1 Å². The topological polar surface area (TPSA) is 65.8 Å². The number of piperazine rings is 1. The smallest absolute Gasteiger partial charge is 0.264 e. The maximum Gasteiger partial charge on any atom is 0.264 e. The van der Waals surface area contributed by atoms with Gasteiger partial charge in [-0.15, -0.1) is 6.42 Å². The molecule has 0 unspecified atom stereocenters. The zero-order chi connectivity index (χ0) is 22.2. The van der Waals surface area contributed by atoms with E-state index in [1.165, 1.54) is 7.11 Å². The fraction of sp³-hybridized carbons (Fsp3) is 0.250. The van der Waals surface area contributed by atoms with Crippen molar-refractivity contribution >= 4 is 40.3 Å². The number of carbonyl (C=O) groups excluding carboxylic acids is 1. The normalized spacial score (nSPS) is 13.9. The first kappa shape index (κ1) is 22.5. The van der Waals surface area contributed by atoms with Crippen LogP contribution in [0.15, 0.2) is 48.0 Å². The predicted molar refractivity (Wildman–Crippen MR) is 129 cm³/mol. The highest BCUT2D eigenvalue weighted by atomic mass is 127. The Kier molecular flexibility index (Phi) is 7.80. The van der Waals surface area contributed by atoms with Crippen LogP contribution in [0.3, 0.4) is 0 Å². The molecule has 3 rings (SSSR count). The predicted octanol–water partition coefficient (Wildman–Crippen LogP) is 3.57. The van der Waals surface area contributed by atoms with Gasteiger partial charge in [0, 0.05) is 31.9 Å². The summed E-state index contributed by atoms with van der Waals surface area (Å²) in [6.45, 7) is 2.69. The lowest BCUT2D eigenvalue weighted by Gasteiger charge is -2.36. The molecule has 0 spiro atoms. The molecule has 0 bridgehead atoms. The van der Waals surface area contributed by atoms with Gasteiger partial charge in [0.05, 0.1) is 10.7 Å². The van der Waals surface area contributed by atoms with Gasteiger partial charge in [-0.2, -0.15) is 5.26 Å². The quantitative estimate of drug-likeness (QED) is 0.249. The SMILES string of the molecule is C#CCOc1c(I)cc(/C=C(/C#N)C(=O)N2CCN(c3ccccc3)CC2)cc1OC. The van der Waals surface area contributed by atoms with Gasteiger partial charge >= 0.3 is 0 Å². The number of hydrogen-bond acceptors (Lipinski definition) is 5. The monoisotopic (exact) mass is 527 g/mol. The van der Waals surface area contributed by atoms with Gasteiger partial charge in [0.1, 0.15) is 18.2 Å².